The van der Waals surface area contributed by atoms with Gasteiger partial charge in [-0.25, -0.2) is 0 Å². The first-order valence-corrected chi connectivity index (χ1v) is 18.9. The number of amides is 3. The third kappa shape index (κ3) is 9.94. The van der Waals surface area contributed by atoms with E-state index in [2.05, 4.69) is 54.0 Å². The van der Waals surface area contributed by atoms with Crippen LogP contribution in [0.25, 0.3) is 11.1 Å². The molecule has 4 aromatic carbocycles. The van der Waals surface area contributed by atoms with Gasteiger partial charge in [0, 0.05) is 63.6 Å². The Labute approximate surface area is 317 Å². The second-order valence-electron chi connectivity index (χ2n) is 13.5. The Morgan fingerprint density at radius 3 is 2.15 bits per heavy atom. The van der Waals surface area contributed by atoms with Crippen LogP contribution < -0.4 is 15.4 Å². The lowest BCUT2D eigenvalue weighted by Gasteiger charge is -2.29. The molecule has 1 saturated heterocycles. The first-order valence-electron chi connectivity index (χ1n) is 18.9. The van der Waals surface area contributed by atoms with Crippen LogP contribution in [0.1, 0.15) is 78.1 Å². The summed E-state index contributed by atoms with van der Waals surface area (Å²) in [6.07, 6.45) is 3.89. The van der Waals surface area contributed by atoms with Crippen molar-refractivity contribution in [3.8, 4) is 11.5 Å². The molecule has 3 amide bonds. The zero-order valence-electron chi connectivity index (χ0n) is 30.9. The van der Waals surface area contributed by atoms with E-state index in [0.29, 0.717) is 51.6 Å². The summed E-state index contributed by atoms with van der Waals surface area (Å²) in [6, 6.07) is 31.0. The largest absolute Gasteiger partial charge is 0.508 e. The summed E-state index contributed by atoms with van der Waals surface area (Å²) in [6.45, 7) is 6.32. The van der Waals surface area contributed by atoms with Crippen LogP contribution in [0.3, 0.4) is 0 Å². The number of anilines is 1. The molecule has 3 N–H and O–H groups in total. The van der Waals surface area contributed by atoms with Gasteiger partial charge in [0.25, 0.3) is 5.91 Å². The highest BCUT2D eigenvalue weighted by molar-refractivity contribution is 6.05. The first-order chi connectivity index (χ1) is 26.4. The average Bonchev–Trinajstić information content (AvgIpc) is 3.51. The van der Waals surface area contributed by atoms with Gasteiger partial charge >= 0.3 is 0 Å². The molecule has 1 fully saturated rings. The number of aromatic hydroxyl groups is 1. The van der Waals surface area contributed by atoms with Crippen LogP contribution in [0, 0.1) is 0 Å². The molecule has 10 heteroatoms. The Kier molecular flexibility index (Phi) is 13.5. The molecule has 0 spiro atoms. The maximum Gasteiger partial charge on any atom is 0.255 e. The Balaban J connectivity index is 0.836. The molecule has 2 aliphatic heterocycles. The van der Waals surface area contributed by atoms with Crippen molar-refractivity contribution < 1.29 is 33.7 Å². The van der Waals surface area contributed by atoms with Crippen molar-refractivity contribution in [3.63, 3.8) is 0 Å². The standard InChI is InChI=1S/C44H49N3O7/c1-2-38(31-9-4-3-5-10-31)42(32-11-16-36(48)17-12-32)33-13-18-37(19-14-33)54-28-8-27-53-26-7-25-52-24-6-23-45-35-15-20-39-34(29-35)30-47(44(39)51)40-21-22-41(49)46-43(40)50/h3-5,9-20,29,40,45,48H,2,6-8,21-28,30H2,1H3,(H,46,49,50). The molecule has 10 nitrogen and oxygen atoms in total. The van der Waals surface area contributed by atoms with E-state index in [1.807, 2.05) is 42.5 Å². The average molecular weight is 732 g/mol. The van der Waals surface area contributed by atoms with Gasteiger partial charge in [0.15, 0.2) is 0 Å². The zero-order chi connectivity index (χ0) is 37.7. The van der Waals surface area contributed by atoms with Crippen LogP contribution in [0.4, 0.5) is 5.69 Å². The predicted octanol–water partition coefficient (Wildman–Crippen LogP) is 7.22. The van der Waals surface area contributed by atoms with E-state index >= 15 is 0 Å². The molecule has 6 rings (SSSR count). The van der Waals surface area contributed by atoms with Crippen molar-refractivity contribution in [2.45, 2.75) is 58.0 Å². The topological polar surface area (TPSA) is 126 Å². The minimum Gasteiger partial charge on any atom is -0.508 e. The molecular weight excluding hydrogens is 682 g/mol. The summed E-state index contributed by atoms with van der Waals surface area (Å²) in [7, 11) is 0. The Bertz CT molecular complexity index is 1910. The minimum absolute atomic E-state index is 0.168. The van der Waals surface area contributed by atoms with Gasteiger partial charge in [-0.1, -0.05) is 61.5 Å². The van der Waals surface area contributed by atoms with E-state index in [4.69, 9.17) is 14.2 Å². The summed E-state index contributed by atoms with van der Waals surface area (Å²) in [4.78, 5) is 38.2. The Morgan fingerprint density at radius 2 is 1.46 bits per heavy atom. The third-order valence-corrected chi connectivity index (χ3v) is 9.67. The number of phenols is 1. The summed E-state index contributed by atoms with van der Waals surface area (Å²) >= 11 is 0. The maximum absolute atomic E-state index is 12.9. The minimum atomic E-state index is -0.609. The van der Waals surface area contributed by atoms with Crippen LogP contribution in [0.2, 0.25) is 0 Å². The fourth-order valence-electron chi connectivity index (χ4n) is 6.94. The van der Waals surface area contributed by atoms with Crippen molar-refractivity contribution in [3.05, 3.63) is 125 Å². The van der Waals surface area contributed by atoms with Crippen LogP contribution in [-0.4, -0.2) is 73.3 Å². The molecule has 2 aliphatic rings. The lowest BCUT2D eigenvalue weighted by molar-refractivity contribution is -0.136. The number of carbonyl (C=O) groups is 3. The van der Waals surface area contributed by atoms with Crippen molar-refractivity contribution in [2.75, 3.05) is 44.9 Å². The summed E-state index contributed by atoms with van der Waals surface area (Å²) in [5.74, 6) is 0.200. The van der Waals surface area contributed by atoms with Gasteiger partial charge in [-0.2, -0.15) is 0 Å². The first kappa shape index (κ1) is 38.3. The number of fused-ring (bicyclic) bond motifs is 1. The maximum atomic E-state index is 12.9. The number of benzene rings is 4. The fraction of sp³-hybridized carbons (Fsp3) is 0.341. The molecular formula is C44H49N3O7. The lowest BCUT2D eigenvalue weighted by atomic mass is 9.88. The van der Waals surface area contributed by atoms with Gasteiger partial charge < -0.3 is 29.5 Å². The number of nitrogens with one attached hydrogen (secondary N) is 2. The highest BCUT2D eigenvalue weighted by Gasteiger charge is 2.39. The molecule has 4 aromatic rings. The molecule has 54 heavy (non-hydrogen) atoms. The number of carbonyl (C=O) groups excluding carboxylic acids is 3. The highest BCUT2D eigenvalue weighted by Crippen LogP contribution is 2.36. The normalized spacial score (nSPS) is 15.8. The van der Waals surface area contributed by atoms with Crippen molar-refractivity contribution in [2.24, 2.45) is 0 Å². The number of rotatable bonds is 19. The van der Waals surface area contributed by atoms with E-state index in [9.17, 15) is 19.5 Å². The van der Waals surface area contributed by atoms with Crippen molar-refractivity contribution >= 4 is 34.6 Å². The molecule has 1 atom stereocenters. The van der Waals surface area contributed by atoms with Gasteiger partial charge in [0.05, 0.1) is 6.61 Å². The Morgan fingerprint density at radius 1 is 0.796 bits per heavy atom. The SMILES string of the molecule is CCC(=C(c1ccc(O)cc1)c1ccc(OCCCOCCCOCCCNc2ccc3c(c2)CN(C2CCC(=O)NC2=O)C3=O)cc1)c1ccccc1. The number of nitrogens with zero attached hydrogens (tertiary/aromatic N) is 1. The quantitative estimate of drug-likeness (QED) is 0.0525. The van der Waals surface area contributed by atoms with Crippen LogP contribution in [0.15, 0.2) is 97.1 Å². The van der Waals surface area contributed by atoms with Gasteiger partial charge in [-0.05, 0) is 102 Å². The number of imide groups is 1. The lowest BCUT2D eigenvalue weighted by Crippen LogP contribution is -2.52. The number of allylic oxidation sites excluding steroid dienone is 1. The second kappa shape index (κ2) is 19.0. The monoisotopic (exact) mass is 731 g/mol. The van der Waals surface area contributed by atoms with E-state index < -0.39 is 11.9 Å². The Hall–Kier alpha value is -5.45. The smallest absolute Gasteiger partial charge is 0.255 e. The van der Waals surface area contributed by atoms with Crippen molar-refractivity contribution in [1.29, 1.82) is 0 Å². The van der Waals surface area contributed by atoms with Gasteiger partial charge in [0.1, 0.15) is 17.5 Å². The zero-order valence-corrected chi connectivity index (χ0v) is 30.9. The number of hydrogen-bond donors (Lipinski definition) is 3. The van der Waals surface area contributed by atoms with Gasteiger partial charge in [-0.15, -0.1) is 0 Å². The third-order valence-electron chi connectivity index (χ3n) is 9.67. The van der Waals surface area contributed by atoms with Crippen LogP contribution in [-0.2, 0) is 25.6 Å². The predicted molar refractivity (Wildman–Crippen MR) is 209 cm³/mol. The number of piperidine rings is 1. The van der Waals surface area contributed by atoms with Gasteiger partial charge in [0.2, 0.25) is 11.8 Å². The van der Waals surface area contributed by atoms with E-state index in [1.54, 1.807) is 23.1 Å². The molecule has 0 radical (unpaired) electrons. The molecule has 0 bridgehead atoms. The fourth-order valence-corrected chi connectivity index (χ4v) is 6.94. The molecule has 0 aliphatic carbocycles. The summed E-state index contributed by atoms with van der Waals surface area (Å²) < 4.78 is 17.6. The van der Waals surface area contributed by atoms with Crippen LogP contribution in [0.5, 0.6) is 11.5 Å². The van der Waals surface area contributed by atoms with E-state index in [1.165, 1.54) is 11.1 Å². The molecule has 1 unspecified atom stereocenters. The second-order valence-corrected chi connectivity index (χ2v) is 13.5. The number of hydrogen-bond acceptors (Lipinski definition) is 8. The number of phenolic OH excluding ortho intramolecular Hbond substituents is 1. The molecule has 0 aromatic heterocycles. The number of ether oxygens (including phenoxy) is 3. The van der Waals surface area contributed by atoms with E-state index in [0.717, 1.165) is 65.9 Å². The molecule has 2 heterocycles. The summed E-state index contributed by atoms with van der Waals surface area (Å²) in [5, 5.41) is 15.6. The summed E-state index contributed by atoms with van der Waals surface area (Å²) in [5.41, 5.74) is 8.11. The van der Waals surface area contributed by atoms with E-state index in [-0.39, 0.29) is 24.0 Å². The van der Waals surface area contributed by atoms with Gasteiger partial charge in [-0.3, -0.25) is 19.7 Å². The van der Waals surface area contributed by atoms with Crippen molar-refractivity contribution in [1.82, 2.24) is 10.2 Å². The highest BCUT2D eigenvalue weighted by atomic mass is 16.5. The van der Waals surface area contributed by atoms with Crippen LogP contribution >= 0.6 is 0 Å². The molecule has 282 valence electrons. The molecule has 0 saturated carbocycles.